The molecule has 0 fully saturated rings. The van der Waals surface area contributed by atoms with Crippen LogP contribution in [0.3, 0.4) is 0 Å². The van der Waals surface area contributed by atoms with Gasteiger partial charge in [-0.15, -0.1) is 0 Å². The fraction of sp³-hybridized carbons (Fsp3) is 0.0909. The van der Waals surface area contributed by atoms with Crippen molar-refractivity contribution >= 4 is 33.9 Å². The molecule has 2 rings (SSSR count). The maximum atomic E-state index is 13.0. The molecule has 0 aliphatic carbocycles. The monoisotopic (exact) mass is 331 g/mol. The van der Waals surface area contributed by atoms with E-state index in [4.69, 9.17) is 0 Å². The van der Waals surface area contributed by atoms with E-state index >= 15 is 0 Å². The summed E-state index contributed by atoms with van der Waals surface area (Å²) in [5.41, 5.74) is 0.511. The molecule has 0 saturated heterocycles. The third-order valence-corrected chi connectivity index (χ3v) is 3.30. The number of Topliss-reactive ketones (excluding diaryl/α,β-unsaturated/α-hetero) is 1. The first-order valence-electron chi connectivity index (χ1n) is 4.52. The standard InChI is InChI=1S/C11H7FINO2/c1-6(15)9-4-8-3-2-7(12)5-14(8)11(16)10(9)13/h2-5H,1H3. The van der Waals surface area contributed by atoms with E-state index in [1.54, 1.807) is 28.7 Å². The number of ketones is 1. The molecule has 0 aliphatic heterocycles. The van der Waals surface area contributed by atoms with E-state index in [0.29, 0.717) is 14.7 Å². The van der Waals surface area contributed by atoms with Crippen LogP contribution in [0.2, 0.25) is 0 Å². The van der Waals surface area contributed by atoms with Crippen LogP contribution >= 0.6 is 22.6 Å². The predicted octanol–water partition coefficient (Wildman–Crippen LogP) is 2.25. The number of nitrogens with zero attached hydrogens (tertiary/aromatic N) is 1. The summed E-state index contributed by atoms with van der Waals surface area (Å²) in [6.07, 6.45) is 1.11. The first-order valence-corrected chi connectivity index (χ1v) is 5.60. The van der Waals surface area contributed by atoms with E-state index < -0.39 is 5.82 Å². The summed E-state index contributed by atoms with van der Waals surface area (Å²) in [6, 6.07) is 4.32. The van der Waals surface area contributed by atoms with Gasteiger partial charge < -0.3 is 0 Å². The average molecular weight is 331 g/mol. The Balaban J connectivity index is 2.94. The van der Waals surface area contributed by atoms with Crippen LogP contribution in [-0.2, 0) is 0 Å². The zero-order valence-corrected chi connectivity index (χ0v) is 10.5. The van der Waals surface area contributed by atoms with E-state index in [2.05, 4.69) is 0 Å². The highest BCUT2D eigenvalue weighted by Gasteiger charge is 2.11. The Labute approximate surface area is 104 Å². The van der Waals surface area contributed by atoms with Crippen LogP contribution in [0.25, 0.3) is 5.52 Å². The highest BCUT2D eigenvalue weighted by molar-refractivity contribution is 14.1. The summed E-state index contributed by atoms with van der Waals surface area (Å²) in [5.74, 6) is -0.658. The Morgan fingerprint density at radius 3 is 2.75 bits per heavy atom. The van der Waals surface area contributed by atoms with E-state index in [-0.39, 0.29) is 11.3 Å². The molecule has 2 aromatic heterocycles. The Hall–Kier alpha value is -1.24. The average Bonchev–Trinajstić information content (AvgIpc) is 2.23. The summed E-state index contributed by atoms with van der Waals surface area (Å²) in [4.78, 5) is 23.1. The smallest absolute Gasteiger partial charge is 0.269 e. The van der Waals surface area contributed by atoms with Crippen LogP contribution < -0.4 is 5.56 Å². The number of aromatic nitrogens is 1. The lowest BCUT2D eigenvalue weighted by Crippen LogP contribution is -2.20. The summed E-state index contributed by atoms with van der Waals surface area (Å²) in [7, 11) is 0. The second kappa shape index (κ2) is 3.97. The molecule has 82 valence electrons. The summed E-state index contributed by atoms with van der Waals surface area (Å²) >= 11 is 1.80. The number of hydrogen-bond donors (Lipinski definition) is 0. The molecule has 0 aromatic carbocycles. The van der Waals surface area contributed by atoms with Crippen LogP contribution in [0.5, 0.6) is 0 Å². The normalized spacial score (nSPS) is 10.7. The number of fused-ring (bicyclic) bond motifs is 1. The second-order valence-electron chi connectivity index (χ2n) is 3.38. The quantitative estimate of drug-likeness (QED) is 0.594. The van der Waals surface area contributed by atoms with Crippen LogP contribution in [0, 0.1) is 9.39 Å². The van der Waals surface area contributed by atoms with Crippen LogP contribution in [0.4, 0.5) is 4.39 Å². The molecule has 0 N–H and O–H groups in total. The van der Waals surface area contributed by atoms with Gasteiger partial charge in [0.05, 0.1) is 3.57 Å². The van der Waals surface area contributed by atoms with Crippen molar-refractivity contribution in [3.8, 4) is 0 Å². The number of pyridine rings is 2. The van der Waals surface area contributed by atoms with Gasteiger partial charge in [-0.25, -0.2) is 4.39 Å². The van der Waals surface area contributed by atoms with Gasteiger partial charge in [0.25, 0.3) is 5.56 Å². The summed E-state index contributed by atoms with van der Waals surface area (Å²) < 4.78 is 14.5. The van der Waals surface area contributed by atoms with Crippen molar-refractivity contribution in [3.05, 3.63) is 49.7 Å². The van der Waals surface area contributed by atoms with Gasteiger partial charge >= 0.3 is 0 Å². The topological polar surface area (TPSA) is 38.5 Å². The molecular formula is C11H7FINO2. The number of carbonyl (C=O) groups excluding carboxylic acids is 1. The largest absolute Gasteiger partial charge is 0.294 e. The van der Waals surface area contributed by atoms with Gasteiger partial charge in [0.2, 0.25) is 0 Å². The van der Waals surface area contributed by atoms with Gasteiger partial charge in [0.15, 0.2) is 5.78 Å². The van der Waals surface area contributed by atoms with Crippen LogP contribution in [-0.4, -0.2) is 10.2 Å². The van der Waals surface area contributed by atoms with Crippen molar-refractivity contribution in [1.82, 2.24) is 4.40 Å². The van der Waals surface area contributed by atoms with E-state index in [1.807, 2.05) is 0 Å². The lowest BCUT2D eigenvalue weighted by molar-refractivity contribution is 0.101. The van der Waals surface area contributed by atoms with E-state index in [1.165, 1.54) is 23.5 Å². The van der Waals surface area contributed by atoms with Gasteiger partial charge in [-0.2, -0.15) is 0 Å². The molecule has 2 aromatic rings. The Kier molecular flexibility index (Phi) is 2.79. The third-order valence-electron chi connectivity index (χ3n) is 2.26. The minimum atomic E-state index is -0.485. The number of hydrogen-bond acceptors (Lipinski definition) is 2. The summed E-state index contributed by atoms with van der Waals surface area (Å²) in [6.45, 7) is 1.40. The molecule has 2 heterocycles. The fourth-order valence-corrected chi connectivity index (χ4v) is 2.26. The van der Waals surface area contributed by atoms with E-state index in [0.717, 1.165) is 6.20 Å². The molecule has 0 saturated carbocycles. The minimum absolute atomic E-state index is 0.173. The fourth-order valence-electron chi connectivity index (χ4n) is 1.47. The lowest BCUT2D eigenvalue weighted by Gasteiger charge is -2.05. The molecule has 0 amide bonds. The maximum Gasteiger partial charge on any atom is 0.269 e. The highest BCUT2D eigenvalue weighted by atomic mass is 127. The zero-order chi connectivity index (χ0) is 11.9. The van der Waals surface area contributed by atoms with Crippen LogP contribution in [0.1, 0.15) is 17.3 Å². The van der Waals surface area contributed by atoms with Crippen molar-refractivity contribution in [2.24, 2.45) is 0 Å². The first kappa shape index (κ1) is 11.3. The van der Waals surface area contributed by atoms with Crippen molar-refractivity contribution in [2.75, 3.05) is 0 Å². The highest BCUT2D eigenvalue weighted by Crippen LogP contribution is 2.12. The maximum absolute atomic E-state index is 13.0. The number of halogens is 2. The predicted molar refractivity (Wildman–Crippen MR) is 66.3 cm³/mol. The molecule has 0 aliphatic rings. The van der Waals surface area contributed by atoms with Crippen molar-refractivity contribution in [2.45, 2.75) is 6.92 Å². The van der Waals surface area contributed by atoms with Gasteiger partial charge in [-0.05, 0) is 47.7 Å². The van der Waals surface area contributed by atoms with Gasteiger partial charge in [0.1, 0.15) is 5.82 Å². The molecule has 0 atom stereocenters. The van der Waals surface area contributed by atoms with Gasteiger partial charge in [-0.1, -0.05) is 0 Å². The number of carbonyl (C=O) groups is 1. The lowest BCUT2D eigenvalue weighted by atomic mass is 10.1. The van der Waals surface area contributed by atoms with Gasteiger partial charge in [0, 0.05) is 17.3 Å². The van der Waals surface area contributed by atoms with E-state index in [9.17, 15) is 14.0 Å². The minimum Gasteiger partial charge on any atom is -0.294 e. The Morgan fingerprint density at radius 2 is 2.12 bits per heavy atom. The molecule has 0 bridgehead atoms. The van der Waals surface area contributed by atoms with Crippen molar-refractivity contribution in [3.63, 3.8) is 0 Å². The number of rotatable bonds is 1. The van der Waals surface area contributed by atoms with Crippen LogP contribution in [0.15, 0.2) is 29.2 Å². The summed E-state index contributed by atoms with van der Waals surface area (Å²) in [5, 5.41) is 0. The molecule has 0 radical (unpaired) electrons. The molecule has 0 unspecified atom stereocenters. The molecule has 3 nitrogen and oxygen atoms in total. The molecule has 16 heavy (non-hydrogen) atoms. The SMILES string of the molecule is CC(=O)c1cc2ccc(F)cn2c(=O)c1I. The molecule has 0 spiro atoms. The molecular weight excluding hydrogens is 324 g/mol. The van der Waals surface area contributed by atoms with Crippen molar-refractivity contribution in [1.29, 1.82) is 0 Å². The van der Waals surface area contributed by atoms with Gasteiger partial charge in [-0.3, -0.25) is 14.0 Å². The Morgan fingerprint density at radius 1 is 1.44 bits per heavy atom. The zero-order valence-electron chi connectivity index (χ0n) is 8.33. The first-order chi connectivity index (χ1) is 7.50. The molecule has 5 heteroatoms. The Bertz CT molecular complexity index is 648. The third kappa shape index (κ3) is 1.75. The van der Waals surface area contributed by atoms with Crippen molar-refractivity contribution < 1.29 is 9.18 Å². The second-order valence-corrected chi connectivity index (χ2v) is 4.45.